The van der Waals surface area contributed by atoms with E-state index in [-0.39, 0.29) is 24.3 Å². The van der Waals surface area contributed by atoms with Crippen molar-refractivity contribution < 1.29 is 23.9 Å². The van der Waals surface area contributed by atoms with Crippen molar-refractivity contribution >= 4 is 52.0 Å². The van der Waals surface area contributed by atoms with Gasteiger partial charge in [-0.15, -0.1) is 11.3 Å². The van der Waals surface area contributed by atoms with E-state index < -0.39 is 0 Å². The zero-order chi connectivity index (χ0) is 24.5. The van der Waals surface area contributed by atoms with Crippen LogP contribution in [0.5, 0.6) is 5.75 Å². The predicted molar refractivity (Wildman–Crippen MR) is 133 cm³/mol. The fourth-order valence-corrected chi connectivity index (χ4v) is 5.23. The molecular formula is C25H22ClN3O5S. The lowest BCUT2D eigenvalue weighted by Crippen LogP contribution is -2.41. The Morgan fingerprint density at radius 1 is 1.20 bits per heavy atom. The second-order valence-corrected chi connectivity index (χ2v) is 9.87. The molecule has 2 aliphatic heterocycles. The van der Waals surface area contributed by atoms with Gasteiger partial charge in [0.2, 0.25) is 0 Å². The van der Waals surface area contributed by atoms with Crippen molar-refractivity contribution in [2.24, 2.45) is 0 Å². The monoisotopic (exact) mass is 511 g/mol. The molecule has 10 heteroatoms. The second kappa shape index (κ2) is 9.69. The molecule has 0 atom stereocenters. The lowest BCUT2D eigenvalue weighted by Gasteiger charge is -2.29. The molecule has 3 heterocycles. The summed E-state index contributed by atoms with van der Waals surface area (Å²) in [6.45, 7) is 1.61. The number of anilines is 2. The maximum atomic E-state index is 13.2. The van der Waals surface area contributed by atoms with Gasteiger partial charge in [0.05, 0.1) is 28.6 Å². The summed E-state index contributed by atoms with van der Waals surface area (Å²) in [5, 5.41) is 2.91. The fraction of sp³-hybridized carbons (Fsp3) is 0.240. The predicted octanol–water partition coefficient (Wildman–Crippen LogP) is 4.18. The maximum Gasteiger partial charge on any atom is 0.265 e. The van der Waals surface area contributed by atoms with Gasteiger partial charge in [0.1, 0.15) is 12.4 Å². The van der Waals surface area contributed by atoms with Crippen LogP contribution in [0.15, 0.2) is 48.5 Å². The number of morpholine rings is 1. The molecular weight excluding hydrogens is 490 g/mol. The minimum atomic E-state index is -0.267. The van der Waals surface area contributed by atoms with Gasteiger partial charge in [0.15, 0.2) is 0 Å². The van der Waals surface area contributed by atoms with E-state index in [1.807, 2.05) is 12.1 Å². The van der Waals surface area contributed by atoms with E-state index in [0.29, 0.717) is 58.1 Å². The van der Waals surface area contributed by atoms with Crippen molar-refractivity contribution in [1.82, 2.24) is 4.90 Å². The first kappa shape index (κ1) is 23.3. The molecule has 2 aromatic carbocycles. The molecule has 0 bridgehead atoms. The van der Waals surface area contributed by atoms with Crippen LogP contribution in [-0.4, -0.2) is 49.5 Å². The number of benzene rings is 2. The molecule has 8 nitrogen and oxygen atoms in total. The summed E-state index contributed by atoms with van der Waals surface area (Å²) in [5.74, 6) is 0.0636. The Balaban J connectivity index is 1.36. The van der Waals surface area contributed by atoms with Crippen LogP contribution in [0.1, 0.15) is 31.2 Å². The number of amides is 3. The first-order valence-electron chi connectivity index (χ1n) is 11.0. The van der Waals surface area contributed by atoms with Crippen LogP contribution >= 0.6 is 22.9 Å². The molecule has 3 aromatic rings. The minimum absolute atomic E-state index is 0.0273. The van der Waals surface area contributed by atoms with Crippen molar-refractivity contribution in [2.45, 2.75) is 13.1 Å². The van der Waals surface area contributed by atoms with Crippen LogP contribution in [0.2, 0.25) is 4.34 Å². The average molecular weight is 512 g/mol. The van der Waals surface area contributed by atoms with E-state index in [9.17, 15) is 14.4 Å². The van der Waals surface area contributed by atoms with Gasteiger partial charge >= 0.3 is 0 Å². The Bertz CT molecular complexity index is 1320. The summed E-state index contributed by atoms with van der Waals surface area (Å²) in [7, 11) is 1.56. The first-order chi connectivity index (χ1) is 16.9. The van der Waals surface area contributed by atoms with E-state index in [1.165, 1.54) is 11.3 Å². The highest BCUT2D eigenvalue weighted by Gasteiger charge is 2.30. The molecule has 35 heavy (non-hydrogen) atoms. The molecule has 5 rings (SSSR count). The Morgan fingerprint density at radius 2 is 2.06 bits per heavy atom. The van der Waals surface area contributed by atoms with Crippen LogP contribution in [0.3, 0.4) is 0 Å². The quantitative estimate of drug-likeness (QED) is 0.536. The van der Waals surface area contributed by atoms with Gasteiger partial charge in [0, 0.05) is 36.4 Å². The van der Waals surface area contributed by atoms with Crippen LogP contribution in [0.25, 0.3) is 0 Å². The highest BCUT2D eigenvalue weighted by Crippen LogP contribution is 2.34. The third-order valence-electron chi connectivity index (χ3n) is 5.98. The van der Waals surface area contributed by atoms with Gasteiger partial charge in [-0.3, -0.25) is 14.4 Å². The topological polar surface area (TPSA) is 88.2 Å². The third-order valence-corrected chi connectivity index (χ3v) is 7.21. The third kappa shape index (κ3) is 4.62. The molecule has 1 aromatic heterocycles. The number of rotatable bonds is 6. The zero-order valence-electron chi connectivity index (χ0n) is 18.9. The highest BCUT2D eigenvalue weighted by atomic mass is 35.5. The summed E-state index contributed by atoms with van der Waals surface area (Å²) in [6, 6.07) is 14.2. The fourth-order valence-electron chi connectivity index (χ4n) is 4.29. The number of thiophene rings is 1. The molecule has 2 aliphatic rings. The number of hydrogen-bond donors (Lipinski definition) is 1. The smallest absolute Gasteiger partial charge is 0.265 e. The number of ether oxygens (including phenoxy) is 2. The SMILES string of the molecule is COc1ccc(CN2Cc3c(NC(=O)c4ccc(Cl)s4)cccc3C2=O)cc1N1CCOCC1=O. The molecule has 1 saturated heterocycles. The number of nitrogens with zero attached hydrogens (tertiary/aromatic N) is 2. The first-order valence-corrected chi connectivity index (χ1v) is 12.2. The van der Waals surface area contributed by atoms with E-state index in [2.05, 4.69) is 5.32 Å². The molecule has 0 spiro atoms. The van der Waals surface area contributed by atoms with Crippen LogP contribution in [0.4, 0.5) is 11.4 Å². The zero-order valence-corrected chi connectivity index (χ0v) is 20.4. The van der Waals surface area contributed by atoms with Crippen LogP contribution < -0.4 is 15.0 Å². The summed E-state index contributed by atoms with van der Waals surface area (Å²) >= 11 is 7.15. The Morgan fingerprint density at radius 3 is 2.80 bits per heavy atom. The normalized spacial score (nSPS) is 15.4. The number of halogens is 1. The number of nitrogens with one attached hydrogen (secondary N) is 1. The minimum Gasteiger partial charge on any atom is -0.495 e. The average Bonchev–Trinajstić information content (AvgIpc) is 3.43. The Hall–Kier alpha value is -3.40. The molecule has 0 radical (unpaired) electrons. The van der Waals surface area contributed by atoms with Crippen molar-refractivity contribution in [3.63, 3.8) is 0 Å². The summed E-state index contributed by atoms with van der Waals surface area (Å²) < 4.78 is 11.2. The van der Waals surface area contributed by atoms with Crippen molar-refractivity contribution in [3.05, 3.63) is 74.4 Å². The van der Waals surface area contributed by atoms with Gasteiger partial charge in [-0.2, -0.15) is 0 Å². The van der Waals surface area contributed by atoms with Gasteiger partial charge in [0.25, 0.3) is 17.7 Å². The van der Waals surface area contributed by atoms with Gasteiger partial charge in [-0.1, -0.05) is 23.7 Å². The van der Waals surface area contributed by atoms with Gasteiger partial charge in [-0.05, 0) is 42.0 Å². The standard InChI is InChI=1S/C25H22ClN3O5S/c1-33-20-6-5-15(11-19(20)29-9-10-34-14-23(29)30)12-28-13-17-16(25(28)32)3-2-4-18(17)27-24(31)21-7-8-22(26)35-21/h2-8,11H,9-10,12-14H2,1H3,(H,27,31). The molecule has 1 N–H and O–H groups in total. The van der Waals surface area contributed by atoms with E-state index in [4.69, 9.17) is 21.1 Å². The van der Waals surface area contributed by atoms with E-state index in [0.717, 1.165) is 11.1 Å². The number of carbonyl (C=O) groups excluding carboxylic acids is 3. The number of hydrogen-bond acceptors (Lipinski definition) is 6. The molecule has 3 amide bonds. The number of fused-ring (bicyclic) bond motifs is 1. The largest absolute Gasteiger partial charge is 0.495 e. The maximum absolute atomic E-state index is 13.2. The van der Waals surface area contributed by atoms with Crippen molar-refractivity contribution in [3.8, 4) is 5.75 Å². The Kier molecular flexibility index (Phi) is 6.46. The molecule has 0 aliphatic carbocycles. The van der Waals surface area contributed by atoms with Crippen molar-refractivity contribution in [1.29, 1.82) is 0 Å². The van der Waals surface area contributed by atoms with E-state index >= 15 is 0 Å². The summed E-state index contributed by atoms with van der Waals surface area (Å²) in [6.07, 6.45) is 0. The van der Waals surface area contributed by atoms with Crippen molar-refractivity contribution in [2.75, 3.05) is 37.1 Å². The molecule has 1 fully saturated rings. The molecule has 0 unspecified atom stereocenters. The lowest BCUT2D eigenvalue weighted by atomic mass is 10.1. The lowest BCUT2D eigenvalue weighted by molar-refractivity contribution is -0.125. The Labute approximate surface area is 211 Å². The second-order valence-electron chi connectivity index (χ2n) is 8.15. The summed E-state index contributed by atoms with van der Waals surface area (Å²) in [5.41, 5.74) is 3.45. The summed E-state index contributed by atoms with van der Waals surface area (Å²) in [4.78, 5) is 42.1. The van der Waals surface area contributed by atoms with Crippen LogP contribution in [0, 0.1) is 0 Å². The molecule has 180 valence electrons. The van der Waals surface area contributed by atoms with Gasteiger partial charge < -0.3 is 24.6 Å². The molecule has 0 saturated carbocycles. The van der Waals surface area contributed by atoms with Gasteiger partial charge in [-0.25, -0.2) is 0 Å². The van der Waals surface area contributed by atoms with E-state index in [1.54, 1.807) is 53.3 Å². The highest BCUT2D eigenvalue weighted by molar-refractivity contribution is 7.18. The number of methoxy groups -OCH3 is 1. The number of carbonyl (C=O) groups is 3. The van der Waals surface area contributed by atoms with Crippen LogP contribution in [-0.2, 0) is 22.6 Å².